The standard InChI is InChI=1S/C29H33ClN6O7S/c1-3-42-26(38)16-34-25(37)17-43-24-13-18(27(31)32)8-9-19(24)15-35-28(39)20-11-21(30)14-22(12-20)36-29(44(40,41)4-2)23-7-5-6-10-33-23/h5-14,29,36H,3-4,15-17H2,1-2H3,(H3,31,32)(H,34,37)(H,35,39). The van der Waals surface area contributed by atoms with Crippen LogP contribution in [0.15, 0.2) is 60.8 Å². The number of esters is 1. The van der Waals surface area contributed by atoms with E-state index in [0.717, 1.165) is 0 Å². The second-order valence-electron chi connectivity index (χ2n) is 9.25. The Morgan fingerprint density at radius 1 is 1.05 bits per heavy atom. The van der Waals surface area contributed by atoms with Crippen molar-refractivity contribution in [2.24, 2.45) is 5.73 Å². The zero-order chi connectivity index (χ0) is 32.3. The van der Waals surface area contributed by atoms with E-state index >= 15 is 0 Å². The Morgan fingerprint density at radius 3 is 2.48 bits per heavy atom. The molecule has 234 valence electrons. The van der Waals surface area contributed by atoms with E-state index in [1.54, 1.807) is 37.3 Å². The van der Waals surface area contributed by atoms with Gasteiger partial charge in [-0.1, -0.05) is 36.7 Å². The van der Waals surface area contributed by atoms with Gasteiger partial charge in [0.25, 0.3) is 11.8 Å². The highest BCUT2D eigenvalue weighted by Gasteiger charge is 2.27. The molecule has 6 N–H and O–H groups in total. The van der Waals surface area contributed by atoms with Crippen LogP contribution in [0.1, 0.15) is 46.4 Å². The van der Waals surface area contributed by atoms with Crippen molar-refractivity contribution in [1.82, 2.24) is 15.6 Å². The number of ether oxygens (including phenoxy) is 2. The largest absolute Gasteiger partial charge is 0.483 e. The second kappa shape index (κ2) is 15.7. The van der Waals surface area contributed by atoms with E-state index in [4.69, 9.17) is 32.2 Å². The van der Waals surface area contributed by atoms with Crippen molar-refractivity contribution in [3.05, 3.63) is 88.2 Å². The minimum atomic E-state index is -3.65. The molecule has 2 aromatic carbocycles. The van der Waals surface area contributed by atoms with Gasteiger partial charge in [0, 0.05) is 45.9 Å². The van der Waals surface area contributed by atoms with Gasteiger partial charge in [-0.05, 0) is 43.3 Å². The van der Waals surface area contributed by atoms with Crippen molar-refractivity contribution in [2.45, 2.75) is 25.8 Å². The van der Waals surface area contributed by atoms with Crippen molar-refractivity contribution in [3.8, 4) is 5.75 Å². The molecule has 1 atom stereocenters. The number of nitrogens with one attached hydrogen (secondary N) is 4. The van der Waals surface area contributed by atoms with Crippen LogP contribution in [-0.2, 0) is 30.7 Å². The Kier molecular flexibility index (Phi) is 12.1. The Labute approximate surface area is 259 Å². The summed E-state index contributed by atoms with van der Waals surface area (Å²) in [5.74, 6) is -1.91. The smallest absolute Gasteiger partial charge is 0.325 e. The van der Waals surface area contributed by atoms with E-state index in [-0.39, 0.29) is 53.3 Å². The Hall–Kier alpha value is -4.69. The fourth-order valence-electron chi connectivity index (χ4n) is 3.86. The Bertz CT molecular complexity index is 1620. The first kappa shape index (κ1) is 33.8. The predicted octanol–water partition coefficient (Wildman–Crippen LogP) is 2.55. The van der Waals surface area contributed by atoms with E-state index in [1.807, 2.05) is 0 Å². The normalized spacial score (nSPS) is 11.6. The van der Waals surface area contributed by atoms with E-state index in [0.29, 0.717) is 16.8 Å². The lowest BCUT2D eigenvalue weighted by Gasteiger charge is -2.20. The summed E-state index contributed by atoms with van der Waals surface area (Å²) in [5, 5.41) is 14.8. The number of carbonyl (C=O) groups excluding carboxylic acids is 3. The molecule has 0 aliphatic carbocycles. The highest BCUT2D eigenvalue weighted by atomic mass is 35.5. The molecule has 44 heavy (non-hydrogen) atoms. The zero-order valence-corrected chi connectivity index (χ0v) is 25.6. The number of aromatic nitrogens is 1. The predicted molar refractivity (Wildman–Crippen MR) is 165 cm³/mol. The van der Waals surface area contributed by atoms with Gasteiger partial charge in [-0.2, -0.15) is 0 Å². The van der Waals surface area contributed by atoms with Crippen molar-refractivity contribution in [3.63, 3.8) is 0 Å². The molecule has 13 nitrogen and oxygen atoms in total. The number of halogens is 1. The van der Waals surface area contributed by atoms with E-state index in [9.17, 15) is 22.8 Å². The van der Waals surface area contributed by atoms with Crippen LogP contribution in [0.4, 0.5) is 5.69 Å². The molecule has 0 saturated carbocycles. The second-order valence-corrected chi connectivity index (χ2v) is 12.1. The maximum Gasteiger partial charge on any atom is 0.325 e. The lowest BCUT2D eigenvalue weighted by molar-refractivity contribution is -0.143. The summed E-state index contributed by atoms with van der Waals surface area (Å²) in [4.78, 5) is 41.0. The fourth-order valence-corrected chi connectivity index (χ4v) is 5.25. The molecule has 0 aliphatic rings. The van der Waals surface area contributed by atoms with Crippen molar-refractivity contribution >= 4 is 50.7 Å². The summed E-state index contributed by atoms with van der Waals surface area (Å²) in [7, 11) is -3.65. The average Bonchev–Trinajstić information content (AvgIpc) is 3.00. The lowest BCUT2D eigenvalue weighted by Crippen LogP contribution is -2.34. The third-order valence-electron chi connectivity index (χ3n) is 6.09. The quantitative estimate of drug-likeness (QED) is 0.0929. The molecule has 0 bridgehead atoms. The summed E-state index contributed by atoms with van der Waals surface area (Å²) in [6.45, 7) is 2.52. The number of anilines is 1. The van der Waals surface area contributed by atoms with Gasteiger partial charge in [-0.3, -0.25) is 24.8 Å². The maximum atomic E-state index is 13.2. The van der Waals surface area contributed by atoms with Crippen LogP contribution in [0.2, 0.25) is 5.02 Å². The first-order valence-electron chi connectivity index (χ1n) is 13.4. The summed E-state index contributed by atoms with van der Waals surface area (Å²) in [5.41, 5.74) is 7.12. The number of pyridine rings is 1. The third kappa shape index (κ3) is 9.67. The number of nitrogen functional groups attached to an aromatic ring is 1. The molecule has 0 spiro atoms. The highest BCUT2D eigenvalue weighted by Crippen LogP contribution is 2.27. The van der Waals surface area contributed by atoms with Crippen LogP contribution in [0.5, 0.6) is 5.75 Å². The van der Waals surface area contributed by atoms with Gasteiger partial charge >= 0.3 is 5.97 Å². The molecule has 0 aliphatic heterocycles. The maximum absolute atomic E-state index is 13.2. The molecule has 1 aromatic heterocycles. The van der Waals surface area contributed by atoms with Crippen molar-refractivity contribution in [1.29, 1.82) is 5.41 Å². The molecule has 2 amide bonds. The minimum Gasteiger partial charge on any atom is -0.483 e. The molecule has 3 aromatic rings. The number of sulfone groups is 1. The van der Waals surface area contributed by atoms with Crippen LogP contribution >= 0.6 is 11.6 Å². The third-order valence-corrected chi connectivity index (χ3v) is 8.19. The van der Waals surface area contributed by atoms with Crippen LogP contribution in [0, 0.1) is 5.41 Å². The number of nitrogens with two attached hydrogens (primary N) is 1. The molecule has 15 heteroatoms. The van der Waals surface area contributed by atoms with Crippen molar-refractivity contribution in [2.75, 3.05) is 30.8 Å². The van der Waals surface area contributed by atoms with Crippen LogP contribution in [-0.4, -0.2) is 62.5 Å². The molecule has 3 rings (SSSR count). The number of rotatable bonds is 15. The number of amidine groups is 1. The molecule has 0 radical (unpaired) electrons. The van der Waals surface area contributed by atoms with E-state index < -0.39 is 39.6 Å². The molecule has 1 unspecified atom stereocenters. The number of benzene rings is 2. The van der Waals surface area contributed by atoms with E-state index in [1.165, 1.54) is 37.4 Å². The van der Waals surface area contributed by atoms with Gasteiger partial charge in [0.1, 0.15) is 18.1 Å². The molecular formula is C29H33ClN6O7S. The minimum absolute atomic E-state index is 0.0488. The van der Waals surface area contributed by atoms with Gasteiger partial charge in [0.05, 0.1) is 12.3 Å². The fraction of sp³-hybridized carbons (Fsp3) is 0.276. The van der Waals surface area contributed by atoms with Gasteiger partial charge < -0.3 is 31.2 Å². The molecule has 1 heterocycles. The lowest BCUT2D eigenvalue weighted by atomic mass is 10.1. The van der Waals surface area contributed by atoms with Crippen molar-refractivity contribution < 1.29 is 32.3 Å². The highest BCUT2D eigenvalue weighted by molar-refractivity contribution is 7.91. The molecule has 0 fully saturated rings. The first-order chi connectivity index (χ1) is 20.9. The summed E-state index contributed by atoms with van der Waals surface area (Å²) in [6.07, 6.45) is 1.49. The number of nitrogens with zero attached hydrogens (tertiary/aromatic N) is 1. The monoisotopic (exact) mass is 644 g/mol. The number of hydrogen-bond acceptors (Lipinski definition) is 10. The molecule has 0 saturated heterocycles. The summed E-state index contributed by atoms with van der Waals surface area (Å²) >= 11 is 6.29. The van der Waals surface area contributed by atoms with Gasteiger partial charge in [-0.25, -0.2) is 8.42 Å². The van der Waals surface area contributed by atoms with Gasteiger partial charge in [0.15, 0.2) is 21.8 Å². The van der Waals surface area contributed by atoms with E-state index in [2.05, 4.69) is 20.9 Å². The average molecular weight is 645 g/mol. The number of amides is 2. The summed E-state index contributed by atoms with van der Waals surface area (Å²) < 4.78 is 36.1. The van der Waals surface area contributed by atoms with Crippen LogP contribution < -0.4 is 26.4 Å². The first-order valence-corrected chi connectivity index (χ1v) is 15.5. The van der Waals surface area contributed by atoms with Gasteiger partial charge in [0.2, 0.25) is 0 Å². The van der Waals surface area contributed by atoms with Crippen LogP contribution in [0.3, 0.4) is 0 Å². The zero-order valence-electron chi connectivity index (χ0n) is 24.1. The number of carbonyl (C=O) groups is 3. The topological polar surface area (TPSA) is 203 Å². The molecular weight excluding hydrogens is 612 g/mol. The number of hydrogen-bond donors (Lipinski definition) is 5. The SMILES string of the molecule is CCOC(=O)CNC(=O)COc1cc(C(=N)N)ccc1CNC(=O)c1cc(Cl)cc(NC(c2ccccn2)S(=O)(=O)CC)c1. The van der Waals surface area contributed by atoms with Gasteiger partial charge in [-0.15, -0.1) is 0 Å². The Balaban J connectivity index is 1.75. The van der Waals surface area contributed by atoms with Crippen LogP contribution in [0.25, 0.3) is 0 Å². The Morgan fingerprint density at radius 2 is 1.82 bits per heavy atom. The summed E-state index contributed by atoms with van der Waals surface area (Å²) in [6, 6.07) is 13.9.